The van der Waals surface area contributed by atoms with Crippen molar-refractivity contribution in [2.24, 2.45) is 0 Å². The summed E-state index contributed by atoms with van der Waals surface area (Å²) >= 11 is 0. The zero-order valence-corrected chi connectivity index (χ0v) is 26.7. The van der Waals surface area contributed by atoms with E-state index in [0.717, 1.165) is 29.5 Å². The molecule has 1 atom stereocenters. The molecule has 0 saturated carbocycles. The first kappa shape index (κ1) is 34.5. The van der Waals surface area contributed by atoms with Crippen molar-refractivity contribution < 1.29 is 14.6 Å². The van der Waals surface area contributed by atoms with Crippen LogP contribution in [0, 0.1) is 0 Å². The van der Waals surface area contributed by atoms with Crippen LogP contribution in [0.3, 0.4) is 0 Å². The molecule has 1 rings (SSSR count). The van der Waals surface area contributed by atoms with Gasteiger partial charge in [-0.1, -0.05) is 152 Å². The lowest BCUT2D eigenvalue weighted by atomic mass is 9.74. The van der Waals surface area contributed by atoms with Crippen molar-refractivity contribution in [3.63, 3.8) is 0 Å². The number of benzene rings is 1. The first-order valence-corrected chi connectivity index (χ1v) is 16.0. The summed E-state index contributed by atoms with van der Waals surface area (Å²) in [7, 11) is 0. The van der Waals surface area contributed by atoms with Crippen LogP contribution in [0.2, 0.25) is 0 Å². The minimum absolute atomic E-state index is 0.209. The second-order valence-electron chi connectivity index (χ2n) is 13.7. The number of aromatic hydroxyl groups is 1. The van der Waals surface area contributed by atoms with E-state index in [0.29, 0.717) is 17.9 Å². The first-order chi connectivity index (χ1) is 17.8. The highest BCUT2D eigenvalue weighted by molar-refractivity contribution is 5.73. The Morgan fingerprint density at radius 1 is 0.763 bits per heavy atom. The average Bonchev–Trinajstić information content (AvgIpc) is 2.83. The molecule has 3 nitrogen and oxygen atoms in total. The molecular formula is C35H62O3. The summed E-state index contributed by atoms with van der Waals surface area (Å²) < 4.78 is 5.92. The van der Waals surface area contributed by atoms with Crippen LogP contribution < -0.4 is 4.74 Å². The summed E-state index contributed by atoms with van der Waals surface area (Å²) in [5.41, 5.74) is 2.26. The Kier molecular flexibility index (Phi) is 15.7. The quantitative estimate of drug-likeness (QED) is 0.117. The van der Waals surface area contributed by atoms with E-state index in [-0.39, 0.29) is 22.7 Å². The van der Waals surface area contributed by atoms with Gasteiger partial charge in [-0.05, 0) is 29.2 Å². The van der Waals surface area contributed by atoms with Crippen molar-refractivity contribution in [1.82, 2.24) is 0 Å². The largest absolute Gasteiger partial charge is 0.507 e. The predicted molar refractivity (Wildman–Crippen MR) is 165 cm³/mol. The van der Waals surface area contributed by atoms with Gasteiger partial charge in [0.25, 0.3) is 0 Å². The lowest BCUT2D eigenvalue weighted by Gasteiger charge is -2.33. The fourth-order valence-corrected chi connectivity index (χ4v) is 5.55. The molecule has 0 saturated heterocycles. The molecule has 1 aromatic rings. The van der Waals surface area contributed by atoms with E-state index in [2.05, 4.69) is 55.4 Å². The topological polar surface area (TPSA) is 46.5 Å². The Bertz CT molecular complexity index is 810. The third-order valence-electron chi connectivity index (χ3n) is 7.86. The van der Waals surface area contributed by atoms with Crippen LogP contribution in [0.15, 0.2) is 6.07 Å². The van der Waals surface area contributed by atoms with E-state index in [1.54, 1.807) is 0 Å². The number of rotatable bonds is 18. The normalized spacial score (nSPS) is 13.1. The Labute approximate surface area is 236 Å². The van der Waals surface area contributed by atoms with Crippen LogP contribution in [-0.2, 0) is 15.6 Å². The Hall–Kier alpha value is -1.51. The van der Waals surface area contributed by atoms with Crippen LogP contribution in [0.5, 0.6) is 11.5 Å². The summed E-state index contributed by atoms with van der Waals surface area (Å²) in [6.45, 7) is 19.0. The number of hydrogen-bond acceptors (Lipinski definition) is 3. The second-order valence-corrected chi connectivity index (χ2v) is 13.7. The molecule has 1 N–H and O–H groups in total. The molecule has 0 aliphatic heterocycles. The molecule has 38 heavy (non-hydrogen) atoms. The first-order valence-electron chi connectivity index (χ1n) is 16.0. The molecule has 0 aliphatic carbocycles. The van der Waals surface area contributed by atoms with Crippen LogP contribution >= 0.6 is 0 Å². The third kappa shape index (κ3) is 12.1. The highest BCUT2D eigenvalue weighted by atomic mass is 16.5. The smallest absolute Gasteiger partial charge is 0.310 e. The van der Waals surface area contributed by atoms with E-state index in [4.69, 9.17) is 4.74 Å². The van der Waals surface area contributed by atoms with E-state index in [1.165, 1.54) is 83.5 Å². The number of carbonyl (C=O) groups is 1. The average molecular weight is 531 g/mol. The molecule has 0 fully saturated rings. The minimum atomic E-state index is -0.266. The minimum Gasteiger partial charge on any atom is -0.507 e. The molecular weight excluding hydrogens is 468 g/mol. The molecule has 1 aromatic carbocycles. The van der Waals surface area contributed by atoms with E-state index < -0.39 is 0 Å². The van der Waals surface area contributed by atoms with Gasteiger partial charge in [-0.15, -0.1) is 0 Å². The van der Waals surface area contributed by atoms with Gasteiger partial charge in [0.15, 0.2) is 0 Å². The molecule has 0 amide bonds. The number of phenols is 1. The molecule has 0 heterocycles. The SMILES string of the molecule is CCCCCCCCCCCCCCCCC(C)c1c(OC(=O)CC)cc(C(C)(C)C)c(O)c1C(C)(C)C. The molecule has 0 aliphatic rings. The lowest BCUT2D eigenvalue weighted by molar-refractivity contribution is -0.134. The van der Waals surface area contributed by atoms with E-state index in [1.807, 2.05) is 13.0 Å². The highest BCUT2D eigenvalue weighted by Gasteiger charge is 2.33. The van der Waals surface area contributed by atoms with Gasteiger partial charge >= 0.3 is 5.97 Å². The molecule has 220 valence electrons. The van der Waals surface area contributed by atoms with Gasteiger partial charge in [-0.25, -0.2) is 0 Å². The number of esters is 1. The van der Waals surface area contributed by atoms with Gasteiger partial charge in [0.05, 0.1) is 0 Å². The van der Waals surface area contributed by atoms with Crippen LogP contribution in [-0.4, -0.2) is 11.1 Å². The van der Waals surface area contributed by atoms with Crippen LogP contribution in [0.4, 0.5) is 0 Å². The number of hydrogen-bond donors (Lipinski definition) is 1. The zero-order chi connectivity index (χ0) is 28.8. The maximum atomic E-state index is 12.4. The summed E-state index contributed by atoms with van der Waals surface area (Å²) in [4.78, 5) is 12.4. The van der Waals surface area contributed by atoms with Crippen molar-refractivity contribution in [3.8, 4) is 11.5 Å². The molecule has 3 heteroatoms. The van der Waals surface area contributed by atoms with Crippen molar-refractivity contribution in [2.45, 2.75) is 182 Å². The lowest BCUT2D eigenvalue weighted by Crippen LogP contribution is -2.22. The summed E-state index contributed by atoms with van der Waals surface area (Å²) in [5, 5.41) is 11.5. The van der Waals surface area contributed by atoms with Crippen LogP contribution in [0.1, 0.15) is 188 Å². The molecule has 0 aromatic heterocycles. The summed E-state index contributed by atoms with van der Waals surface area (Å²) in [6, 6.07) is 1.93. The maximum Gasteiger partial charge on any atom is 0.310 e. The number of ether oxygens (including phenoxy) is 1. The summed E-state index contributed by atoms with van der Waals surface area (Å²) in [6.07, 6.45) is 20.4. The van der Waals surface area contributed by atoms with Crippen molar-refractivity contribution in [2.75, 3.05) is 0 Å². The van der Waals surface area contributed by atoms with E-state index >= 15 is 0 Å². The Balaban J connectivity index is 2.70. The van der Waals surface area contributed by atoms with E-state index in [9.17, 15) is 9.90 Å². The van der Waals surface area contributed by atoms with Gasteiger partial charge < -0.3 is 9.84 Å². The zero-order valence-electron chi connectivity index (χ0n) is 26.7. The second kappa shape index (κ2) is 17.2. The Morgan fingerprint density at radius 2 is 1.21 bits per heavy atom. The molecule has 1 unspecified atom stereocenters. The van der Waals surface area contributed by atoms with Gasteiger partial charge in [-0.3, -0.25) is 4.79 Å². The van der Waals surface area contributed by atoms with Crippen molar-refractivity contribution >= 4 is 5.97 Å². The summed E-state index contributed by atoms with van der Waals surface area (Å²) in [5.74, 6) is 0.993. The number of phenolic OH excluding ortho intramolecular Hbond substituents is 1. The van der Waals surface area contributed by atoms with Crippen molar-refractivity contribution in [3.05, 3.63) is 22.8 Å². The monoisotopic (exact) mass is 530 g/mol. The Morgan fingerprint density at radius 3 is 1.61 bits per heavy atom. The molecule has 0 radical (unpaired) electrons. The third-order valence-corrected chi connectivity index (χ3v) is 7.86. The fraction of sp³-hybridized carbons (Fsp3) is 0.800. The van der Waals surface area contributed by atoms with Gasteiger partial charge in [0.1, 0.15) is 11.5 Å². The number of unbranched alkanes of at least 4 members (excludes halogenated alkanes) is 13. The standard InChI is InChI=1S/C35H62O3/c1-10-12-13-14-15-16-17-18-19-20-21-22-23-24-25-27(3)31-29(38-30(36)11-2)26-28(34(4,5)6)33(37)32(31)35(7,8)9/h26-27,37H,10-25H2,1-9H3. The van der Waals surface area contributed by atoms with Gasteiger partial charge in [0, 0.05) is 23.1 Å². The molecule has 0 spiro atoms. The van der Waals surface area contributed by atoms with Gasteiger partial charge in [0.2, 0.25) is 0 Å². The maximum absolute atomic E-state index is 12.4. The van der Waals surface area contributed by atoms with Gasteiger partial charge in [-0.2, -0.15) is 0 Å². The molecule has 0 bridgehead atoms. The van der Waals surface area contributed by atoms with Crippen LogP contribution in [0.25, 0.3) is 0 Å². The fourth-order valence-electron chi connectivity index (χ4n) is 5.55. The number of carbonyl (C=O) groups excluding carboxylic acids is 1. The highest BCUT2D eigenvalue weighted by Crippen LogP contribution is 2.48. The van der Waals surface area contributed by atoms with Crippen molar-refractivity contribution in [1.29, 1.82) is 0 Å². The predicted octanol–water partition coefficient (Wildman–Crippen LogP) is 11.3.